The molecule has 2 aromatic carbocycles. The van der Waals surface area contributed by atoms with Gasteiger partial charge >= 0.3 is 0 Å². The Morgan fingerprint density at radius 3 is 1.81 bits per heavy atom. The maximum Gasteiger partial charge on any atom is 0.122 e. The smallest absolute Gasteiger partial charge is 0.122 e. The predicted octanol–water partition coefficient (Wildman–Crippen LogP) is 4.76. The zero-order valence-electron chi connectivity index (χ0n) is 15.6. The van der Waals surface area contributed by atoms with Crippen LogP contribution in [0.4, 0.5) is 0 Å². The Bertz CT molecular complexity index is 699. The number of hydrogen-bond acceptors (Lipinski definition) is 3. The van der Waals surface area contributed by atoms with E-state index in [1.165, 1.54) is 5.57 Å². The minimum atomic E-state index is -0.694. The summed E-state index contributed by atoms with van der Waals surface area (Å²) in [7, 11) is 0. The molecule has 0 amide bonds. The van der Waals surface area contributed by atoms with E-state index in [9.17, 15) is 5.11 Å². The maximum atomic E-state index is 10.0. The van der Waals surface area contributed by atoms with Gasteiger partial charge in [0, 0.05) is 32.7 Å². The van der Waals surface area contributed by atoms with Gasteiger partial charge in [-0.15, -0.1) is 19.1 Å². The molecule has 4 heteroatoms. The molecule has 0 fully saturated rings. The fourth-order valence-corrected chi connectivity index (χ4v) is 2.25. The van der Waals surface area contributed by atoms with Crippen molar-refractivity contribution in [1.29, 1.82) is 0 Å². The molecule has 135 valence electrons. The van der Waals surface area contributed by atoms with Gasteiger partial charge < -0.3 is 14.6 Å². The van der Waals surface area contributed by atoms with Crippen LogP contribution in [0.15, 0.2) is 54.1 Å². The van der Waals surface area contributed by atoms with Gasteiger partial charge in [0.15, 0.2) is 0 Å². The van der Waals surface area contributed by atoms with Crippen LogP contribution in [0, 0.1) is 6.08 Å². The van der Waals surface area contributed by atoms with E-state index in [0.29, 0.717) is 0 Å². The monoisotopic (exact) mass is 426 g/mol. The van der Waals surface area contributed by atoms with Crippen molar-refractivity contribution in [2.75, 3.05) is 13.2 Å². The molecule has 0 aromatic heterocycles. The molecule has 2 rings (SSSR count). The molecule has 1 radical (unpaired) electrons. The third kappa shape index (κ3) is 8.31. The SMILES string of the molecule is C[C-]=Cc1ccc(OCC(O)COc2ccc(C=C(C)C)cc2)cc1.[Y]. The summed E-state index contributed by atoms with van der Waals surface area (Å²) in [5.41, 5.74) is 3.45. The number of rotatable bonds is 8. The first-order chi connectivity index (χ1) is 12.1. The number of hydrogen-bond donors (Lipinski definition) is 1. The summed E-state index contributed by atoms with van der Waals surface area (Å²) in [4.78, 5) is 0. The molecule has 0 spiro atoms. The number of aliphatic hydroxyl groups is 1. The largest absolute Gasteiger partial charge is 0.491 e. The predicted molar refractivity (Wildman–Crippen MR) is 103 cm³/mol. The van der Waals surface area contributed by atoms with Crippen LogP contribution in [0.3, 0.4) is 0 Å². The molecule has 2 aromatic rings. The first-order valence-corrected chi connectivity index (χ1v) is 8.36. The molecule has 1 atom stereocenters. The first-order valence-electron chi connectivity index (χ1n) is 8.36. The van der Waals surface area contributed by atoms with Crippen LogP contribution >= 0.6 is 0 Å². The van der Waals surface area contributed by atoms with Gasteiger partial charge in [0.05, 0.1) is 0 Å². The molecular formula is C22H25O3Y-. The van der Waals surface area contributed by atoms with E-state index in [0.717, 1.165) is 22.6 Å². The molecule has 0 aliphatic rings. The molecule has 1 unspecified atom stereocenters. The third-order valence-corrected chi connectivity index (χ3v) is 3.41. The Balaban J connectivity index is 0.00000338. The van der Waals surface area contributed by atoms with Gasteiger partial charge in [-0.2, -0.15) is 5.56 Å². The van der Waals surface area contributed by atoms with E-state index in [-0.39, 0.29) is 45.9 Å². The Kier molecular flexibility index (Phi) is 10.5. The normalized spacial score (nSPS) is 11.5. The van der Waals surface area contributed by atoms with Gasteiger partial charge in [0.2, 0.25) is 0 Å². The summed E-state index contributed by atoms with van der Waals surface area (Å²) in [5.74, 6) is 1.45. The summed E-state index contributed by atoms with van der Waals surface area (Å²) in [6.45, 7) is 6.36. The van der Waals surface area contributed by atoms with Crippen molar-refractivity contribution >= 4 is 12.2 Å². The summed E-state index contributed by atoms with van der Waals surface area (Å²) in [6, 6.07) is 15.4. The Hall–Kier alpha value is -1.42. The van der Waals surface area contributed by atoms with Gasteiger partial charge in [0.25, 0.3) is 0 Å². The molecule has 1 N–H and O–H groups in total. The fourth-order valence-electron chi connectivity index (χ4n) is 2.25. The molecule has 0 saturated heterocycles. The second kappa shape index (κ2) is 12.1. The average molecular weight is 426 g/mol. The van der Waals surface area contributed by atoms with E-state index in [1.54, 1.807) is 0 Å². The molecule has 26 heavy (non-hydrogen) atoms. The Morgan fingerprint density at radius 2 is 1.38 bits per heavy atom. The van der Waals surface area contributed by atoms with Gasteiger partial charge in [-0.05, 0) is 43.7 Å². The van der Waals surface area contributed by atoms with Crippen molar-refractivity contribution < 1.29 is 47.3 Å². The molecule has 0 bridgehead atoms. The van der Waals surface area contributed by atoms with Gasteiger partial charge in [-0.3, -0.25) is 6.08 Å². The summed E-state index contributed by atoms with van der Waals surface area (Å²) in [6.07, 6.45) is 6.28. The third-order valence-electron chi connectivity index (χ3n) is 3.41. The van der Waals surface area contributed by atoms with Gasteiger partial charge in [0.1, 0.15) is 30.8 Å². The Labute approximate surface area is 181 Å². The second-order valence-electron chi connectivity index (χ2n) is 6.07. The van der Waals surface area contributed by atoms with Crippen molar-refractivity contribution in [3.05, 3.63) is 71.3 Å². The van der Waals surface area contributed by atoms with Crippen molar-refractivity contribution in [2.24, 2.45) is 0 Å². The minimum Gasteiger partial charge on any atom is -0.491 e. The second-order valence-corrected chi connectivity index (χ2v) is 6.07. The fraction of sp³-hybridized carbons (Fsp3) is 0.273. The first kappa shape index (κ1) is 22.6. The summed E-state index contributed by atoms with van der Waals surface area (Å²) < 4.78 is 11.2. The van der Waals surface area contributed by atoms with Crippen molar-refractivity contribution in [3.63, 3.8) is 0 Å². The minimum absolute atomic E-state index is 0. The quantitative estimate of drug-likeness (QED) is 0.619. The van der Waals surface area contributed by atoms with E-state index in [1.807, 2.05) is 61.5 Å². The number of allylic oxidation sites excluding steroid dienone is 2. The number of benzene rings is 2. The molecular weight excluding hydrogens is 401 g/mol. The molecule has 0 aliphatic carbocycles. The molecule has 3 nitrogen and oxygen atoms in total. The van der Waals surface area contributed by atoms with Crippen LogP contribution in [-0.4, -0.2) is 24.4 Å². The zero-order valence-corrected chi connectivity index (χ0v) is 18.4. The van der Waals surface area contributed by atoms with Crippen LogP contribution in [0.25, 0.3) is 12.2 Å². The topological polar surface area (TPSA) is 38.7 Å². The summed E-state index contributed by atoms with van der Waals surface area (Å²) in [5, 5.41) is 10.0. The number of ether oxygens (including phenoxy) is 2. The number of aliphatic hydroxyl groups excluding tert-OH is 1. The van der Waals surface area contributed by atoms with E-state index in [4.69, 9.17) is 9.47 Å². The van der Waals surface area contributed by atoms with Crippen LogP contribution in [0.1, 0.15) is 31.9 Å². The van der Waals surface area contributed by atoms with Crippen molar-refractivity contribution in [2.45, 2.75) is 26.9 Å². The van der Waals surface area contributed by atoms with Crippen LogP contribution in [0.5, 0.6) is 11.5 Å². The molecule has 0 heterocycles. The standard InChI is InChI=1S/C22H25O3.Y/c1-4-5-18-6-10-21(11-7-18)24-15-20(23)16-25-22-12-8-19(9-13-22)14-17(2)3;/h5-14,20,23H,15-16H2,1-3H3;/q-1;. The van der Waals surface area contributed by atoms with Crippen molar-refractivity contribution in [3.8, 4) is 11.5 Å². The summed E-state index contributed by atoms with van der Waals surface area (Å²) >= 11 is 0. The average Bonchev–Trinajstić information content (AvgIpc) is 2.60. The molecule has 0 aliphatic heterocycles. The Morgan fingerprint density at radius 1 is 0.923 bits per heavy atom. The van der Waals surface area contributed by atoms with Gasteiger partial charge in [-0.25, -0.2) is 6.08 Å². The van der Waals surface area contributed by atoms with E-state index >= 15 is 0 Å². The van der Waals surface area contributed by atoms with E-state index in [2.05, 4.69) is 26.0 Å². The van der Waals surface area contributed by atoms with Crippen LogP contribution in [0.2, 0.25) is 0 Å². The maximum absolute atomic E-state index is 10.0. The van der Waals surface area contributed by atoms with Crippen molar-refractivity contribution in [1.82, 2.24) is 0 Å². The van der Waals surface area contributed by atoms with Crippen LogP contribution in [-0.2, 0) is 32.7 Å². The molecule has 0 saturated carbocycles. The van der Waals surface area contributed by atoms with Crippen LogP contribution < -0.4 is 9.47 Å². The zero-order chi connectivity index (χ0) is 18.1. The van der Waals surface area contributed by atoms with Gasteiger partial charge in [-0.1, -0.05) is 23.8 Å². The van der Waals surface area contributed by atoms with E-state index < -0.39 is 6.10 Å².